The number of alkyl halides is 1. The molecule has 1 heterocycles. The Balaban J connectivity index is 2.79. The zero-order chi connectivity index (χ0) is 29.1. The largest absolute Gasteiger partial charge is 0.460 e. The number of aromatic nitrogens is 1. The van der Waals surface area contributed by atoms with Crippen molar-refractivity contribution in [3.8, 4) is 0 Å². The first-order valence-electron chi connectivity index (χ1n) is 12.4. The van der Waals surface area contributed by atoms with E-state index in [1.165, 1.54) is 11.3 Å². The van der Waals surface area contributed by atoms with Gasteiger partial charge >= 0.3 is 18.0 Å². The van der Waals surface area contributed by atoms with E-state index >= 15 is 0 Å². The van der Waals surface area contributed by atoms with Crippen LogP contribution in [0.15, 0.2) is 17.5 Å². The lowest BCUT2D eigenvalue weighted by Crippen LogP contribution is -2.48. The van der Waals surface area contributed by atoms with E-state index in [9.17, 15) is 19.2 Å². The molecule has 0 fully saturated rings. The van der Waals surface area contributed by atoms with Crippen LogP contribution in [0.1, 0.15) is 83.7 Å². The molecule has 214 valence electrons. The molecule has 0 spiro atoms. The van der Waals surface area contributed by atoms with Crippen molar-refractivity contribution in [1.29, 1.82) is 0 Å². The molecule has 2 atom stereocenters. The van der Waals surface area contributed by atoms with Crippen molar-refractivity contribution in [2.24, 2.45) is 5.92 Å². The summed E-state index contributed by atoms with van der Waals surface area (Å²) in [7, 11) is 0. The molecule has 2 amide bonds. The molecule has 0 saturated carbocycles. The van der Waals surface area contributed by atoms with Crippen LogP contribution >= 0.6 is 22.9 Å². The second kappa shape index (κ2) is 15.1. The number of esters is 2. The highest BCUT2D eigenvalue weighted by Crippen LogP contribution is 2.16. The van der Waals surface area contributed by atoms with Crippen molar-refractivity contribution in [2.75, 3.05) is 5.88 Å². The van der Waals surface area contributed by atoms with Crippen LogP contribution in [0.4, 0.5) is 4.79 Å². The molecule has 1 aromatic heterocycles. The van der Waals surface area contributed by atoms with E-state index in [0.717, 1.165) is 0 Å². The lowest BCUT2D eigenvalue weighted by molar-refractivity contribution is -0.153. The fraction of sp³-hybridized carbons (Fsp3) is 0.654. The van der Waals surface area contributed by atoms with Crippen LogP contribution in [0.3, 0.4) is 0 Å². The quantitative estimate of drug-likeness (QED) is 0.158. The molecule has 0 aliphatic carbocycles. The molecule has 2 N–H and O–H groups in total. The molecule has 0 aliphatic heterocycles. The number of rotatable bonds is 12. The minimum Gasteiger partial charge on any atom is -0.460 e. The summed E-state index contributed by atoms with van der Waals surface area (Å²) in [6.07, 6.45) is 2.00. The van der Waals surface area contributed by atoms with Gasteiger partial charge in [-0.05, 0) is 47.5 Å². The van der Waals surface area contributed by atoms with E-state index < -0.39 is 41.4 Å². The zero-order valence-corrected chi connectivity index (χ0v) is 25.0. The van der Waals surface area contributed by atoms with Crippen molar-refractivity contribution < 1.29 is 33.4 Å². The maximum Gasteiger partial charge on any atom is 0.408 e. The van der Waals surface area contributed by atoms with Crippen molar-refractivity contribution in [3.05, 3.63) is 28.2 Å². The molecule has 0 saturated heterocycles. The van der Waals surface area contributed by atoms with Crippen molar-refractivity contribution in [3.63, 3.8) is 0 Å². The minimum atomic E-state index is -0.964. The van der Waals surface area contributed by atoms with E-state index in [-0.39, 0.29) is 42.8 Å². The van der Waals surface area contributed by atoms with Gasteiger partial charge in [0, 0.05) is 17.7 Å². The number of alkyl carbamates (subject to hydrolysis) is 1. The van der Waals surface area contributed by atoms with Gasteiger partial charge in [-0.25, -0.2) is 19.4 Å². The number of hydrogen-bond acceptors (Lipinski definition) is 9. The van der Waals surface area contributed by atoms with Gasteiger partial charge in [-0.1, -0.05) is 26.0 Å². The number of carbonyl (C=O) groups is 4. The lowest BCUT2D eigenvalue weighted by Gasteiger charge is -2.26. The standard InChI is InChI=1S/C26H40ClN3O7S/c1-16(2)21(30-24(34)37-26(6,7)8)23(33)35-17(11-9-10-12-27)13-19(31)28-14-20-29-18(15-38-20)22(32)36-25(3,4)5/h9-10,15-17,21H,11-14H2,1-8H3,(H,28,31)(H,30,34)/b10-9+/t17-,21-/m0/s1. The molecule has 12 heteroatoms. The third-order valence-corrected chi connectivity index (χ3v) is 5.57. The Hall–Kier alpha value is -2.66. The number of thiazole rings is 1. The highest BCUT2D eigenvalue weighted by atomic mass is 35.5. The van der Waals surface area contributed by atoms with Crippen LogP contribution in [0.25, 0.3) is 0 Å². The predicted molar refractivity (Wildman–Crippen MR) is 146 cm³/mol. The number of allylic oxidation sites excluding steroid dienone is 1. The third-order valence-electron chi connectivity index (χ3n) is 4.54. The van der Waals surface area contributed by atoms with Gasteiger partial charge in [0.25, 0.3) is 0 Å². The Morgan fingerprint density at radius 3 is 2.24 bits per heavy atom. The summed E-state index contributed by atoms with van der Waals surface area (Å²) in [5.41, 5.74) is -1.20. The van der Waals surface area contributed by atoms with Crippen LogP contribution < -0.4 is 10.6 Å². The Labute approximate surface area is 233 Å². The molecule has 0 bridgehead atoms. The van der Waals surface area contributed by atoms with Crippen molar-refractivity contribution >= 4 is 46.9 Å². The molecular formula is C26H40ClN3O7S. The van der Waals surface area contributed by atoms with E-state index in [4.69, 9.17) is 25.8 Å². The molecule has 0 radical (unpaired) electrons. The summed E-state index contributed by atoms with van der Waals surface area (Å²) >= 11 is 6.92. The van der Waals surface area contributed by atoms with E-state index in [1.54, 1.807) is 72.9 Å². The monoisotopic (exact) mass is 573 g/mol. The van der Waals surface area contributed by atoms with Gasteiger partial charge in [-0.2, -0.15) is 0 Å². The fourth-order valence-electron chi connectivity index (χ4n) is 2.92. The van der Waals surface area contributed by atoms with Crippen molar-refractivity contribution in [1.82, 2.24) is 15.6 Å². The van der Waals surface area contributed by atoms with Gasteiger partial charge in [0.15, 0.2) is 5.69 Å². The van der Waals surface area contributed by atoms with Crippen LogP contribution in [-0.2, 0) is 30.3 Å². The molecule has 1 rings (SSSR count). The fourth-order valence-corrected chi connectivity index (χ4v) is 3.75. The Bertz CT molecular complexity index is 980. The summed E-state index contributed by atoms with van der Waals surface area (Å²) in [6, 6.07) is -0.964. The lowest BCUT2D eigenvalue weighted by atomic mass is 10.0. The maximum atomic E-state index is 12.9. The Kier molecular flexibility index (Phi) is 13.2. The second-order valence-corrected chi connectivity index (χ2v) is 12.1. The second-order valence-electron chi connectivity index (χ2n) is 10.9. The molecule has 0 unspecified atom stereocenters. The van der Waals surface area contributed by atoms with Gasteiger partial charge in [0.2, 0.25) is 5.91 Å². The van der Waals surface area contributed by atoms with E-state index in [2.05, 4.69) is 15.6 Å². The summed E-state index contributed by atoms with van der Waals surface area (Å²) in [5, 5.41) is 7.37. The highest BCUT2D eigenvalue weighted by molar-refractivity contribution is 7.09. The number of nitrogens with one attached hydrogen (secondary N) is 2. The number of carbonyl (C=O) groups excluding carboxylic acids is 4. The minimum absolute atomic E-state index is 0.0965. The Morgan fingerprint density at radius 2 is 1.68 bits per heavy atom. The number of hydrogen-bond donors (Lipinski definition) is 2. The van der Waals surface area contributed by atoms with Crippen LogP contribution in [0.2, 0.25) is 0 Å². The zero-order valence-electron chi connectivity index (χ0n) is 23.4. The average molecular weight is 574 g/mol. The number of ether oxygens (including phenoxy) is 3. The van der Waals surface area contributed by atoms with Crippen LogP contribution in [-0.4, -0.2) is 58.2 Å². The first-order chi connectivity index (χ1) is 17.5. The maximum absolute atomic E-state index is 12.9. The SMILES string of the molecule is CC(C)[C@H](NC(=O)OC(C)(C)C)C(=O)O[C@@H](C/C=C/CCl)CC(=O)NCc1nc(C(=O)OC(C)(C)C)cs1. The normalized spacial score (nSPS) is 13.6. The number of halogens is 1. The Morgan fingerprint density at radius 1 is 1.05 bits per heavy atom. The first-order valence-corrected chi connectivity index (χ1v) is 13.8. The first kappa shape index (κ1) is 33.4. The third kappa shape index (κ3) is 13.8. The van der Waals surface area contributed by atoms with E-state index in [0.29, 0.717) is 5.01 Å². The topological polar surface area (TPSA) is 133 Å². The molecule has 0 aromatic carbocycles. The van der Waals surface area contributed by atoms with Crippen LogP contribution in [0.5, 0.6) is 0 Å². The van der Waals surface area contributed by atoms with Gasteiger partial charge in [-0.15, -0.1) is 22.9 Å². The highest BCUT2D eigenvalue weighted by Gasteiger charge is 2.30. The molecule has 1 aromatic rings. The van der Waals surface area contributed by atoms with Crippen molar-refractivity contribution in [2.45, 2.75) is 98.1 Å². The van der Waals surface area contributed by atoms with Gasteiger partial charge < -0.3 is 24.8 Å². The van der Waals surface area contributed by atoms with Gasteiger partial charge in [0.1, 0.15) is 28.4 Å². The summed E-state index contributed by atoms with van der Waals surface area (Å²) in [6.45, 7) is 14.1. The number of amides is 2. The smallest absolute Gasteiger partial charge is 0.408 e. The van der Waals surface area contributed by atoms with E-state index in [1.807, 2.05) is 0 Å². The molecule has 0 aliphatic rings. The van der Waals surface area contributed by atoms with Gasteiger partial charge in [0.05, 0.1) is 13.0 Å². The summed E-state index contributed by atoms with van der Waals surface area (Å²) < 4.78 is 16.2. The molecular weight excluding hydrogens is 534 g/mol. The van der Waals surface area contributed by atoms with Crippen LogP contribution in [0, 0.1) is 5.92 Å². The average Bonchev–Trinajstić information content (AvgIpc) is 3.23. The molecule has 38 heavy (non-hydrogen) atoms. The molecule has 10 nitrogen and oxygen atoms in total. The summed E-state index contributed by atoms with van der Waals surface area (Å²) in [4.78, 5) is 54.2. The van der Waals surface area contributed by atoms with Gasteiger partial charge in [-0.3, -0.25) is 4.79 Å². The summed E-state index contributed by atoms with van der Waals surface area (Å²) in [5.74, 6) is -1.61. The number of nitrogens with zero attached hydrogens (tertiary/aromatic N) is 1. The predicted octanol–water partition coefficient (Wildman–Crippen LogP) is 4.75.